The van der Waals surface area contributed by atoms with E-state index in [-0.39, 0.29) is 10.6 Å². The molecule has 0 bridgehead atoms. The Hall–Kier alpha value is -1.58. The molecule has 0 spiro atoms. The molecular formula is C19H19F3IN3O. The fraction of sp³-hybridized carbons (Fsp3) is 0.474. The minimum absolute atomic E-state index is 0.0300. The molecule has 0 radical (unpaired) electrons. The van der Waals surface area contributed by atoms with E-state index in [1.54, 1.807) is 4.90 Å². The predicted octanol–water partition coefficient (Wildman–Crippen LogP) is 5.03. The smallest absolute Gasteiger partial charge is 0.283 e. The molecular weight excluding hydrogens is 470 g/mol. The number of amides is 1. The molecule has 27 heavy (non-hydrogen) atoms. The Labute approximate surface area is 168 Å². The Morgan fingerprint density at radius 1 is 1.26 bits per heavy atom. The van der Waals surface area contributed by atoms with E-state index >= 15 is 0 Å². The normalized spacial score (nSPS) is 16.8. The number of hydrogen-bond donors (Lipinski definition) is 0. The maximum Gasteiger partial charge on any atom is 0.283 e. The van der Waals surface area contributed by atoms with Crippen molar-refractivity contribution in [3.8, 4) is 0 Å². The molecule has 0 saturated heterocycles. The fourth-order valence-corrected chi connectivity index (χ4v) is 3.89. The summed E-state index contributed by atoms with van der Waals surface area (Å²) in [6.45, 7) is 0.313. The third-order valence-corrected chi connectivity index (χ3v) is 5.76. The quantitative estimate of drug-likeness (QED) is 0.404. The van der Waals surface area contributed by atoms with Crippen molar-refractivity contribution in [3.05, 3.63) is 52.6 Å². The van der Waals surface area contributed by atoms with E-state index in [0.717, 1.165) is 35.9 Å². The van der Waals surface area contributed by atoms with Crippen LogP contribution in [0.1, 0.15) is 65.2 Å². The second kappa shape index (κ2) is 7.44. The molecule has 1 amide bonds. The molecule has 1 aromatic carbocycles. The van der Waals surface area contributed by atoms with Crippen molar-refractivity contribution < 1.29 is 18.0 Å². The van der Waals surface area contributed by atoms with Crippen LogP contribution in [-0.4, -0.2) is 26.6 Å². The summed E-state index contributed by atoms with van der Waals surface area (Å²) in [6, 6.07) is 7.88. The van der Waals surface area contributed by atoms with Crippen molar-refractivity contribution in [3.63, 3.8) is 0 Å². The van der Waals surface area contributed by atoms with Crippen LogP contribution in [0.5, 0.6) is 0 Å². The van der Waals surface area contributed by atoms with E-state index in [1.165, 1.54) is 5.56 Å². The molecule has 0 aliphatic heterocycles. The van der Waals surface area contributed by atoms with Gasteiger partial charge in [0.05, 0.1) is 4.55 Å². The number of alkyl halides is 3. The van der Waals surface area contributed by atoms with Gasteiger partial charge in [-0.3, -0.25) is 4.79 Å². The highest BCUT2D eigenvalue weighted by molar-refractivity contribution is 14.1. The van der Waals surface area contributed by atoms with Crippen molar-refractivity contribution in [1.82, 2.24) is 14.7 Å². The first-order chi connectivity index (χ1) is 13.0. The highest BCUT2D eigenvalue weighted by Gasteiger charge is 2.39. The van der Waals surface area contributed by atoms with Crippen LogP contribution in [0.2, 0.25) is 0 Å². The van der Waals surface area contributed by atoms with Gasteiger partial charge in [-0.15, -0.1) is 0 Å². The highest BCUT2D eigenvalue weighted by Crippen LogP contribution is 2.42. The monoisotopic (exact) mass is 489 g/mol. The average Bonchev–Trinajstić information content (AvgIpc) is 3.56. The van der Waals surface area contributed by atoms with E-state index in [9.17, 15) is 18.0 Å². The second-order valence-electron chi connectivity index (χ2n) is 7.11. The first kappa shape index (κ1) is 18.8. The largest absolute Gasteiger partial charge is 0.331 e. The van der Waals surface area contributed by atoms with Gasteiger partial charge in [0.15, 0.2) is 0 Å². The van der Waals surface area contributed by atoms with E-state index < -0.39 is 29.5 Å². The van der Waals surface area contributed by atoms with Crippen LogP contribution in [0.3, 0.4) is 0 Å². The van der Waals surface area contributed by atoms with Crippen molar-refractivity contribution in [2.24, 2.45) is 0 Å². The first-order valence-corrected chi connectivity index (χ1v) is 10.5. The van der Waals surface area contributed by atoms with Gasteiger partial charge in [0, 0.05) is 12.6 Å². The van der Waals surface area contributed by atoms with Gasteiger partial charge in [0.2, 0.25) is 5.95 Å². The lowest BCUT2D eigenvalue weighted by Crippen LogP contribution is -2.34. The minimum atomic E-state index is -3.00. The maximum absolute atomic E-state index is 14.6. The van der Waals surface area contributed by atoms with Crippen LogP contribution in [0.4, 0.5) is 13.2 Å². The average molecular weight is 489 g/mol. The van der Waals surface area contributed by atoms with Crippen LogP contribution < -0.4 is 0 Å². The zero-order valence-electron chi connectivity index (χ0n) is 14.5. The van der Waals surface area contributed by atoms with Gasteiger partial charge in [-0.1, -0.05) is 46.9 Å². The Kier molecular flexibility index (Phi) is 5.17. The number of halogens is 4. The van der Waals surface area contributed by atoms with Gasteiger partial charge < -0.3 is 4.90 Å². The lowest BCUT2D eigenvalue weighted by Gasteiger charge is -2.24. The minimum Gasteiger partial charge on any atom is -0.331 e. The first-order valence-electron chi connectivity index (χ1n) is 9.00. The third-order valence-electron chi connectivity index (χ3n) is 5.11. The number of rotatable bonds is 7. The number of nitrogens with zero attached hydrogens (tertiary/aromatic N) is 3. The molecule has 4 nitrogen and oxygen atoms in total. The number of carbonyl (C=O) groups excluding carboxylic acids is 1. The summed E-state index contributed by atoms with van der Waals surface area (Å²) in [5.74, 6) is -1.16. The molecule has 4 rings (SSSR count). The zero-order chi connectivity index (χ0) is 19.1. The summed E-state index contributed by atoms with van der Waals surface area (Å²) >= 11 is 1.83. The molecule has 2 aliphatic rings. The molecule has 0 N–H and O–H groups in total. The molecule has 2 aliphatic carbocycles. The van der Waals surface area contributed by atoms with Crippen molar-refractivity contribution in [1.29, 1.82) is 0 Å². The molecule has 0 atom stereocenters. The Morgan fingerprint density at radius 2 is 1.96 bits per heavy atom. The molecule has 1 aromatic heterocycles. The molecule has 1 heterocycles. The van der Waals surface area contributed by atoms with Gasteiger partial charge in [-0.05, 0) is 42.7 Å². The molecule has 2 aromatic rings. The number of hydrogen-bond acceptors (Lipinski definition) is 2. The topological polar surface area (TPSA) is 38.1 Å². The van der Waals surface area contributed by atoms with E-state index in [4.69, 9.17) is 0 Å². The maximum atomic E-state index is 14.6. The Balaban J connectivity index is 1.68. The summed E-state index contributed by atoms with van der Waals surface area (Å²) in [6.07, 6.45) is 0.872. The van der Waals surface area contributed by atoms with E-state index in [2.05, 4.69) is 11.2 Å². The summed E-state index contributed by atoms with van der Waals surface area (Å²) in [5, 5.41) is 3.61. The van der Waals surface area contributed by atoms with Crippen LogP contribution in [0.15, 0.2) is 24.3 Å². The molecule has 144 valence electrons. The summed E-state index contributed by atoms with van der Waals surface area (Å²) in [5.41, 5.74) is 0.863. The molecule has 2 fully saturated rings. The van der Waals surface area contributed by atoms with E-state index in [1.807, 2.05) is 40.8 Å². The summed E-state index contributed by atoms with van der Waals surface area (Å²) in [4.78, 5) is 14.6. The van der Waals surface area contributed by atoms with Gasteiger partial charge in [0.1, 0.15) is 11.3 Å². The standard InChI is InChI=1S/C19H19F3IN3O/c20-17(21)16-15(18(22)26(10-23)24-16)19(27)25(13-7-8-13)9-12-3-1-2-4-14(12)11-5-6-11/h1-4,11,13,17H,5-10H2. The van der Waals surface area contributed by atoms with E-state index in [0.29, 0.717) is 12.5 Å². The van der Waals surface area contributed by atoms with Gasteiger partial charge in [-0.25, -0.2) is 13.5 Å². The lowest BCUT2D eigenvalue weighted by atomic mass is 10.0. The van der Waals surface area contributed by atoms with Crippen molar-refractivity contribution in [2.45, 2.75) is 55.2 Å². The van der Waals surface area contributed by atoms with Gasteiger partial charge in [0.25, 0.3) is 12.3 Å². The Morgan fingerprint density at radius 3 is 2.56 bits per heavy atom. The number of carbonyl (C=O) groups is 1. The van der Waals surface area contributed by atoms with Crippen molar-refractivity contribution >= 4 is 28.5 Å². The predicted molar refractivity (Wildman–Crippen MR) is 102 cm³/mol. The molecule has 0 unspecified atom stereocenters. The molecule has 8 heteroatoms. The van der Waals surface area contributed by atoms with Crippen LogP contribution in [-0.2, 0) is 11.1 Å². The van der Waals surface area contributed by atoms with Crippen LogP contribution >= 0.6 is 22.6 Å². The highest BCUT2D eigenvalue weighted by atomic mass is 127. The molecule has 2 saturated carbocycles. The lowest BCUT2D eigenvalue weighted by molar-refractivity contribution is 0.0711. The Bertz CT molecular complexity index is 862. The third kappa shape index (κ3) is 3.72. The second-order valence-corrected chi connectivity index (χ2v) is 7.79. The number of benzene rings is 1. The SMILES string of the molecule is O=C(c1c(C(F)F)nn(CI)c1F)N(Cc1ccccc1C1CC1)C1CC1. The van der Waals surface area contributed by atoms with Gasteiger partial charge in [-0.2, -0.15) is 9.49 Å². The van der Waals surface area contributed by atoms with Crippen LogP contribution in [0, 0.1) is 5.95 Å². The number of aromatic nitrogens is 2. The van der Waals surface area contributed by atoms with Gasteiger partial charge >= 0.3 is 0 Å². The summed E-state index contributed by atoms with van der Waals surface area (Å²) < 4.78 is 42.3. The van der Waals surface area contributed by atoms with Crippen LogP contribution in [0.25, 0.3) is 0 Å². The van der Waals surface area contributed by atoms with Crippen molar-refractivity contribution in [2.75, 3.05) is 0 Å². The zero-order valence-corrected chi connectivity index (χ0v) is 16.7. The fourth-order valence-electron chi connectivity index (χ4n) is 3.44. The summed E-state index contributed by atoms with van der Waals surface area (Å²) in [7, 11) is 0.